The van der Waals surface area contributed by atoms with Gasteiger partial charge in [0.1, 0.15) is 11.7 Å². The van der Waals surface area contributed by atoms with E-state index in [2.05, 4.69) is 62.5 Å². The van der Waals surface area contributed by atoms with Gasteiger partial charge in [-0.05, 0) is 81.4 Å². The molecule has 2 aromatic carbocycles. The summed E-state index contributed by atoms with van der Waals surface area (Å²) in [5.74, 6) is 1.07. The summed E-state index contributed by atoms with van der Waals surface area (Å²) in [4.78, 5) is 25.8. The molecule has 3 rings (SSSR count). The van der Waals surface area contributed by atoms with E-state index in [-0.39, 0.29) is 12.1 Å². The average Bonchev–Trinajstić information content (AvgIpc) is 2.83. The molecule has 0 aliphatic heterocycles. The Morgan fingerprint density at radius 2 is 1.63 bits per heavy atom. The molecule has 2 aromatic rings. The number of alkyl carbamates (subject to hydrolysis) is 1. The Hall–Kier alpha value is -3.08. The second-order valence-electron chi connectivity index (χ2n) is 12.1. The Balaban J connectivity index is 1.76. The Labute approximate surface area is 229 Å². The highest BCUT2D eigenvalue weighted by Crippen LogP contribution is 2.35. The number of hydrogen-bond donors (Lipinski definition) is 1. The summed E-state index contributed by atoms with van der Waals surface area (Å²) in [6, 6.07) is 18.1. The monoisotopic (exact) mass is 519 g/mol. The molecule has 0 heterocycles. The maximum atomic E-state index is 13.2. The van der Waals surface area contributed by atoms with Gasteiger partial charge in [-0.2, -0.15) is 0 Å². The predicted octanol–water partition coefficient (Wildman–Crippen LogP) is 7.74. The molecule has 1 aliphatic rings. The molecule has 0 aromatic heterocycles. The second kappa shape index (κ2) is 13.1. The molecule has 0 radical (unpaired) electrons. The van der Waals surface area contributed by atoms with E-state index < -0.39 is 17.7 Å². The van der Waals surface area contributed by atoms with E-state index in [9.17, 15) is 9.59 Å². The summed E-state index contributed by atoms with van der Waals surface area (Å²) >= 11 is 0. The number of benzene rings is 2. The summed E-state index contributed by atoms with van der Waals surface area (Å²) in [7, 11) is 0. The van der Waals surface area contributed by atoms with Crippen molar-refractivity contribution in [3.63, 3.8) is 0 Å². The first-order valence-electron chi connectivity index (χ1n) is 13.9. The summed E-state index contributed by atoms with van der Waals surface area (Å²) in [5.41, 5.74) is 3.20. The van der Waals surface area contributed by atoms with Gasteiger partial charge in [0.2, 0.25) is 0 Å². The molecule has 1 amide bonds. The van der Waals surface area contributed by atoms with Crippen LogP contribution < -0.4 is 5.32 Å². The van der Waals surface area contributed by atoms with Crippen LogP contribution in [0.1, 0.15) is 73.3 Å². The third kappa shape index (κ3) is 9.04. The molecule has 5 nitrogen and oxygen atoms in total. The number of nitrogens with one attached hydrogen (secondary N) is 1. The molecule has 0 spiro atoms. The Morgan fingerprint density at radius 1 is 1.00 bits per heavy atom. The fourth-order valence-electron chi connectivity index (χ4n) is 5.18. The molecule has 5 heteroatoms. The van der Waals surface area contributed by atoms with Gasteiger partial charge in [0.05, 0.1) is 6.04 Å². The molecular formula is C33H45NO4. The highest BCUT2D eigenvalue weighted by molar-refractivity contribution is 5.88. The molecular weight excluding hydrogens is 474 g/mol. The van der Waals surface area contributed by atoms with Gasteiger partial charge in [-0.15, -0.1) is 0 Å². The lowest BCUT2D eigenvalue weighted by Gasteiger charge is -2.36. The molecule has 0 unspecified atom stereocenters. The van der Waals surface area contributed by atoms with Crippen LogP contribution in [-0.2, 0) is 20.7 Å². The molecule has 1 aliphatic carbocycles. The van der Waals surface area contributed by atoms with E-state index in [1.165, 1.54) is 6.42 Å². The van der Waals surface area contributed by atoms with Crippen molar-refractivity contribution in [2.24, 2.45) is 17.8 Å². The van der Waals surface area contributed by atoms with Crippen molar-refractivity contribution in [3.05, 3.63) is 71.8 Å². The van der Waals surface area contributed by atoms with Gasteiger partial charge in [-0.25, -0.2) is 9.59 Å². The minimum Gasteiger partial charge on any atom is -0.459 e. The molecule has 4 atom stereocenters. The SMILES string of the molecule is C/C(=C\[C@H](Cc1ccc(-c2ccccc2)cc1)NC(=O)OC(C)(C)C)C(=O)O[C@@H]1C[C@H](C)CC[C@H]1C(C)C. The predicted molar refractivity (Wildman–Crippen MR) is 154 cm³/mol. The summed E-state index contributed by atoms with van der Waals surface area (Å²) in [6.45, 7) is 13.9. The van der Waals surface area contributed by atoms with Crippen molar-refractivity contribution >= 4 is 12.1 Å². The minimum atomic E-state index is -0.618. The third-order valence-electron chi connectivity index (χ3n) is 7.21. The number of carbonyl (C=O) groups is 2. The van der Waals surface area contributed by atoms with Gasteiger partial charge < -0.3 is 14.8 Å². The van der Waals surface area contributed by atoms with E-state index in [0.29, 0.717) is 29.7 Å². The van der Waals surface area contributed by atoms with Crippen molar-refractivity contribution in [3.8, 4) is 11.1 Å². The number of ether oxygens (including phenoxy) is 2. The lowest BCUT2D eigenvalue weighted by Crippen LogP contribution is -2.40. The highest BCUT2D eigenvalue weighted by atomic mass is 16.6. The number of rotatable bonds is 8. The van der Waals surface area contributed by atoms with Crippen molar-refractivity contribution in [1.29, 1.82) is 0 Å². The third-order valence-corrected chi connectivity index (χ3v) is 7.21. The Kier molecular flexibility index (Phi) is 10.2. The second-order valence-corrected chi connectivity index (χ2v) is 12.1. The van der Waals surface area contributed by atoms with Crippen LogP contribution in [0.2, 0.25) is 0 Å². The van der Waals surface area contributed by atoms with Crippen LogP contribution in [0.4, 0.5) is 4.79 Å². The van der Waals surface area contributed by atoms with E-state index in [0.717, 1.165) is 29.5 Å². The fourth-order valence-corrected chi connectivity index (χ4v) is 5.18. The molecule has 0 saturated heterocycles. The zero-order chi connectivity index (χ0) is 27.9. The molecule has 1 N–H and O–H groups in total. The number of hydrogen-bond acceptors (Lipinski definition) is 4. The van der Waals surface area contributed by atoms with Crippen molar-refractivity contribution in [1.82, 2.24) is 5.32 Å². The van der Waals surface area contributed by atoms with Crippen molar-refractivity contribution in [2.45, 2.75) is 91.9 Å². The van der Waals surface area contributed by atoms with Gasteiger partial charge in [0.25, 0.3) is 0 Å². The largest absolute Gasteiger partial charge is 0.459 e. The standard InChI is InChI=1S/C33H45NO4/c1-22(2)29-18-13-23(3)19-30(29)37-31(35)24(4)20-28(34-32(36)38-33(5,6)7)21-25-14-16-27(17-15-25)26-11-9-8-10-12-26/h8-12,14-17,20,22-23,28-30H,13,18-19,21H2,1-7H3,(H,34,36)/b24-20+/t23-,28-,29+,30-/m1/s1. The van der Waals surface area contributed by atoms with Crippen molar-refractivity contribution in [2.75, 3.05) is 0 Å². The fraction of sp³-hybridized carbons (Fsp3) is 0.515. The molecule has 1 saturated carbocycles. The first-order chi connectivity index (χ1) is 17.9. The molecule has 1 fully saturated rings. The lowest BCUT2D eigenvalue weighted by atomic mass is 9.75. The number of carbonyl (C=O) groups excluding carboxylic acids is 2. The van der Waals surface area contributed by atoms with Crippen LogP contribution in [0.3, 0.4) is 0 Å². The quantitative estimate of drug-likeness (QED) is 0.286. The van der Waals surface area contributed by atoms with Crippen LogP contribution in [0.15, 0.2) is 66.2 Å². The Bertz CT molecular complexity index is 1080. The van der Waals surface area contributed by atoms with E-state index in [1.54, 1.807) is 13.0 Å². The van der Waals surface area contributed by atoms with Crippen LogP contribution in [0, 0.1) is 17.8 Å². The van der Waals surface area contributed by atoms with E-state index >= 15 is 0 Å². The van der Waals surface area contributed by atoms with Gasteiger partial charge in [0.15, 0.2) is 0 Å². The van der Waals surface area contributed by atoms with Crippen molar-refractivity contribution < 1.29 is 19.1 Å². The first kappa shape index (κ1) is 29.5. The maximum absolute atomic E-state index is 13.2. The zero-order valence-electron chi connectivity index (χ0n) is 24.1. The van der Waals surface area contributed by atoms with Crippen LogP contribution >= 0.6 is 0 Å². The van der Waals surface area contributed by atoms with E-state index in [1.807, 2.05) is 39.0 Å². The first-order valence-corrected chi connectivity index (χ1v) is 13.9. The zero-order valence-corrected chi connectivity index (χ0v) is 24.1. The molecule has 206 valence electrons. The summed E-state index contributed by atoms with van der Waals surface area (Å²) in [6.07, 6.45) is 4.90. The van der Waals surface area contributed by atoms with Crippen LogP contribution in [0.5, 0.6) is 0 Å². The summed E-state index contributed by atoms with van der Waals surface area (Å²) < 4.78 is 11.6. The molecule has 0 bridgehead atoms. The maximum Gasteiger partial charge on any atom is 0.408 e. The smallest absolute Gasteiger partial charge is 0.408 e. The van der Waals surface area contributed by atoms with E-state index in [4.69, 9.17) is 9.47 Å². The van der Waals surface area contributed by atoms with Gasteiger partial charge in [-0.3, -0.25) is 0 Å². The average molecular weight is 520 g/mol. The van der Waals surface area contributed by atoms with Gasteiger partial charge in [-0.1, -0.05) is 87.9 Å². The van der Waals surface area contributed by atoms with Crippen LogP contribution in [-0.4, -0.2) is 29.8 Å². The normalized spacial score (nSPS) is 21.1. The number of amides is 1. The number of esters is 1. The minimum absolute atomic E-state index is 0.0719. The lowest BCUT2D eigenvalue weighted by molar-refractivity contribution is -0.151. The molecule has 38 heavy (non-hydrogen) atoms. The Morgan fingerprint density at radius 3 is 2.24 bits per heavy atom. The van der Waals surface area contributed by atoms with Crippen LogP contribution in [0.25, 0.3) is 11.1 Å². The highest BCUT2D eigenvalue weighted by Gasteiger charge is 2.33. The topological polar surface area (TPSA) is 64.6 Å². The van der Waals surface area contributed by atoms with Gasteiger partial charge >= 0.3 is 12.1 Å². The summed E-state index contributed by atoms with van der Waals surface area (Å²) in [5, 5.41) is 2.95. The van der Waals surface area contributed by atoms with Gasteiger partial charge in [0, 0.05) is 5.57 Å².